The first-order chi connectivity index (χ1) is 22.5. The van der Waals surface area contributed by atoms with Crippen LogP contribution in [0.4, 0.5) is 0 Å². The maximum absolute atomic E-state index is 11.7. The molecule has 0 radical (unpaired) electrons. The van der Waals surface area contributed by atoms with E-state index in [9.17, 15) is 5.11 Å². The maximum atomic E-state index is 11.7. The van der Waals surface area contributed by atoms with Crippen LogP contribution in [0, 0.1) is 0 Å². The molecule has 3 aromatic rings. The van der Waals surface area contributed by atoms with Gasteiger partial charge in [0.05, 0.1) is 38.6 Å². The first-order valence-corrected chi connectivity index (χ1v) is 15.8. The Morgan fingerprint density at radius 3 is 1.50 bits per heavy atom. The lowest BCUT2D eigenvalue weighted by Gasteiger charge is -2.48. The molecular formula is C37H46O9. The Balaban J connectivity index is 1.38. The molecule has 5 rings (SSSR count). The molecule has 9 nitrogen and oxygen atoms in total. The summed E-state index contributed by atoms with van der Waals surface area (Å²) in [7, 11) is 1.57. The number of hydrogen-bond donors (Lipinski definition) is 1. The van der Waals surface area contributed by atoms with Crippen molar-refractivity contribution in [1.29, 1.82) is 0 Å². The number of aliphatic hydroxyl groups excluding tert-OH is 1. The van der Waals surface area contributed by atoms with E-state index < -0.39 is 61.4 Å². The number of ether oxygens (including phenoxy) is 8. The highest BCUT2D eigenvalue weighted by Crippen LogP contribution is 2.34. The van der Waals surface area contributed by atoms with Gasteiger partial charge in [-0.2, -0.15) is 0 Å². The van der Waals surface area contributed by atoms with Gasteiger partial charge in [0.15, 0.2) is 12.6 Å². The van der Waals surface area contributed by atoms with Gasteiger partial charge in [0.1, 0.15) is 36.6 Å². The van der Waals surface area contributed by atoms with Crippen LogP contribution in [0.2, 0.25) is 0 Å². The topological polar surface area (TPSA) is 94.1 Å². The monoisotopic (exact) mass is 634 g/mol. The smallest absolute Gasteiger partial charge is 0.187 e. The molecule has 248 valence electrons. The first kappa shape index (κ1) is 34.4. The summed E-state index contributed by atoms with van der Waals surface area (Å²) in [6.07, 6.45) is -5.65. The van der Waals surface area contributed by atoms with Gasteiger partial charge >= 0.3 is 0 Å². The number of rotatable bonds is 15. The van der Waals surface area contributed by atoms with Crippen LogP contribution >= 0.6 is 0 Å². The Labute approximate surface area is 271 Å². The van der Waals surface area contributed by atoms with E-state index >= 15 is 0 Å². The maximum Gasteiger partial charge on any atom is 0.187 e. The summed E-state index contributed by atoms with van der Waals surface area (Å²) in [5, 5.41) is 11.7. The first-order valence-electron chi connectivity index (χ1n) is 15.8. The summed E-state index contributed by atoms with van der Waals surface area (Å²) in [5.41, 5.74) is 2.99. The van der Waals surface area contributed by atoms with E-state index in [4.69, 9.17) is 37.9 Å². The van der Waals surface area contributed by atoms with Crippen molar-refractivity contribution in [1.82, 2.24) is 0 Å². The van der Waals surface area contributed by atoms with Crippen LogP contribution in [-0.4, -0.2) is 80.2 Å². The van der Waals surface area contributed by atoms with Crippen LogP contribution in [0.25, 0.3) is 0 Å². The molecule has 0 aromatic heterocycles. The molecule has 0 bridgehead atoms. The largest absolute Gasteiger partial charge is 0.385 e. The average Bonchev–Trinajstić information content (AvgIpc) is 3.09. The predicted molar refractivity (Wildman–Crippen MR) is 172 cm³/mol. The van der Waals surface area contributed by atoms with E-state index in [2.05, 4.69) is 6.58 Å². The number of hydrogen-bond acceptors (Lipinski definition) is 9. The van der Waals surface area contributed by atoms with Gasteiger partial charge < -0.3 is 43.0 Å². The number of aliphatic hydroxyl groups is 1. The summed E-state index contributed by atoms with van der Waals surface area (Å²) >= 11 is 0. The van der Waals surface area contributed by atoms with Crippen molar-refractivity contribution in [2.75, 3.05) is 13.7 Å². The minimum absolute atomic E-state index is 0.220. The average molecular weight is 635 g/mol. The minimum atomic E-state index is -1.19. The van der Waals surface area contributed by atoms with Gasteiger partial charge in [-0.1, -0.05) is 97.1 Å². The molecule has 0 unspecified atom stereocenters. The Kier molecular flexibility index (Phi) is 12.9. The van der Waals surface area contributed by atoms with E-state index in [1.807, 2.05) is 105 Å². The molecule has 10 atom stereocenters. The molecule has 0 saturated carbocycles. The molecule has 3 aromatic carbocycles. The van der Waals surface area contributed by atoms with Crippen molar-refractivity contribution in [3.63, 3.8) is 0 Å². The Hall–Kier alpha value is -2.96. The molecule has 2 aliphatic rings. The molecule has 2 fully saturated rings. The number of benzene rings is 3. The van der Waals surface area contributed by atoms with Crippen molar-refractivity contribution in [3.05, 3.63) is 120 Å². The standard InChI is InChI=1S/C37H46O9/c1-5-21-40-33-30(38)36(44-25(2)31(33)41-22-27-15-9-6-10-16-27)46-34-32(42-23-28-17-11-7-12-18-28)26(3)45-37(39-4)35(34)43-24-29-19-13-8-14-20-29/h5-20,25-26,30-38H,1,21-24H2,2-4H3/t25-,26-,30+,31-,32-,33-,34+,35+,36+,37+/m1/s1. The van der Waals surface area contributed by atoms with Crippen molar-refractivity contribution in [2.45, 2.75) is 95.1 Å². The fraction of sp³-hybridized carbons (Fsp3) is 0.459. The van der Waals surface area contributed by atoms with Crippen LogP contribution in [0.3, 0.4) is 0 Å². The van der Waals surface area contributed by atoms with Gasteiger partial charge in [0, 0.05) is 7.11 Å². The molecule has 0 amide bonds. The van der Waals surface area contributed by atoms with E-state index in [0.29, 0.717) is 19.8 Å². The van der Waals surface area contributed by atoms with E-state index in [-0.39, 0.29) is 6.61 Å². The molecule has 2 aliphatic heterocycles. The van der Waals surface area contributed by atoms with Gasteiger partial charge in [0.2, 0.25) is 0 Å². The van der Waals surface area contributed by atoms with E-state index in [1.54, 1.807) is 13.2 Å². The molecular weight excluding hydrogens is 588 g/mol. The van der Waals surface area contributed by atoms with Crippen LogP contribution < -0.4 is 0 Å². The van der Waals surface area contributed by atoms with Gasteiger partial charge in [-0.15, -0.1) is 6.58 Å². The Morgan fingerprint density at radius 2 is 1.04 bits per heavy atom. The molecule has 2 heterocycles. The van der Waals surface area contributed by atoms with Crippen molar-refractivity contribution in [3.8, 4) is 0 Å². The highest BCUT2D eigenvalue weighted by molar-refractivity contribution is 5.15. The third kappa shape index (κ3) is 8.89. The highest BCUT2D eigenvalue weighted by Gasteiger charge is 2.52. The second-order valence-electron chi connectivity index (χ2n) is 11.6. The van der Waals surface area contributed by atoms with Crippen LogP contribution in [-0.2, 0) is 57.7 Å². The summed E-state index contributed by atoms with van der Waals surface area (Å²) in [6.45, 7) is 8.76. The van der Waals surface area contributed by atoms with Gasteiger partial charge in [-0.25, -0.2) is 0 Å². The van der Waals surface area contributed by atoms with E-state index in [1.165, 1.54) is 0 Å². The molecule has 2 saturated heterocycles. The van der Waals surface area contributed by atoms with E-state index in [0.717, 1.165) is 16.7 Å². The Morgan fingerprint density at radius 1 is 0.609 bits per heavy atom. The fourth-order valence-corrected chi connectivity index (χ4v) is 5.88. The van der Waals surface area contributed by atoms with Crippen LogP contribution in [0.1, 0.15) is 30.5 Å². The van der Waals surface area contributed by atoms with Gasteiger partial charge in [-0.3, -0.25) is 0 Å². The lowest BCUT2D eigenvalue weighted by Crippen LogP contribution is -2.64. The summed E-state index contributed by atoms with van der Waals surface area (Å²) in [5.74, 6) is 0. The zero-order valence-electron chi connectivity index (χ0n) is 26.8. The third-order valence-corrected chi connectivity index (χ3v) is 8.26. The molecule has 9 heteroatoms. The Bertz CT molecular complexity index is 1290. The lowest BCUT2D eigenvalue weighted by atomic mass is 9.96. The van der Waals surface area contributed by atoms with Crippen molar-refractivity contribution >= 4 is 0 Å². The SMILES string of the molecule is C=CCO[C@@H]1[C@H](O)[C@H](O[C@@H]2[C@H](OCc3ccccc3)[C@@H](OC)O[C@H](C)[C@H]2OCc2ccccc2)O[C@H](C)[C@H]1OCc1ccccc1. The molecule has 46 heavy (non-hydrogen) atoms. The summed E-state index contributed by atoms with van der Waals surface area (Å²) < 4.78 is 50.4. The van der Waals surface area contributed by atoms with Crippen LogP contribution in [0.5, 0.6) is 0 Å². The lowest BCUT2D eigenvalue weighted by molar-refractivity contribution is -0.365. The zero-order chi connectivity index (χ0) is 32.3. The summed E-state index contributed by atoms with van der Waals surface area (Å²) in [4.78, 5) is 0. The second kappa shape index (κ2) is 17.3. The normalized spacial score (nSPS) is 31.4. The molecule has 1 N–H and O–H groups in total. The molecule has 0 spiro atoms. The predicted octanol–water partition coefficient (Wildman–Crippen LogP) is 5.20. The highest BCUT2D eigenvalue weighted by atomic mass is 16.7. The third-order valence-electron chi connectivity index (χ3n) is 8.26. The quantitative estimate of drug-likeness (QED) is 0.227. The minimum Gasteiger partial charge on any atom is -0.385 e. The van der Waals surface area contributed by atoms with Gasteiger partial charge in [0.25, 0.3) is 0 Å². The van der Waals surface area contributed by atoms with Crippen molar-refractivity contribution in [2.24, 2.45) is 0 Å². The summed E-state index contributed by atoms with van der Waals surface area (Å²) in [6, 6.07) is 29.6. The van der Waals surface area contributed by atoms with Crippen molar-refractivity contribution < 1.29 is 43.0 Å². The second-order valence-corrected chi connectivity index (χ2v) is 11.6. The van der Waals surface area contributed by atoms with Crippen LogP contribution in [0.15, 0.2) is 104 Å². The fourth-order valence-electron chi connectivity index (χ4n) is 5.88. The van der Waals surface area contributed by atoms with Gasteiger partial charge in [-0.05, 0) is 30.5 Å². The zero-order valence-corrected chi connectivity index (χ0v) is 26.8. The number of methoxy groups -OCH3 is 1. The molecule has 0 aliphatic carbocycles.